The summed E-state index contributed by atoms with van der Waals surface area (Å²) in [4.78, 5) is 0. The summed E-state index contributed by atoms with van der Waals surface area (Å²) in [6.07, 6.45) is 2.20. The van der Waals surface area contributed by atoms with Crippen molar-refractivity contribution >= 4 is 10.8 Å². The van der Waals surface area contributed by atoms with Crippen molar-refractivity contribution in [1.82, 2.24) is 16.0 Å². The van der Waals surface area contributed by atoms with Crippen molar-refractivity contribution in [3.63, 3.8) is 0 Å². The van der Waals surface area contributed by atoms with Crippen LogP contribution in [-0.4, -0.2) is 33.4 Å². The highest BCUT2D eigenvalue weighted by Gasteiger charge is 2.30. The van der Waals surface area contributed by atoms with Crippen molar-refractivity contribution in [2.75, 3.05) is 28.3 Å². The Morgan fingerprint density at radius 3 is 1.89 bits per heavy atom. The zero-order chi connectivity index (χ0) is 24.8. The van der Waals surface area contributed by atoms with E-state index in [2.05, 4.69) is 113 Å². The van der Waals surface area contributed by atoms with Gasteiger partial charge >= 0.3 is 0 Å². The second kappa shape index (κ2) is 10.9. The second-order valence-electron chi connectivity index (χ2n) is 8.30. The molecule has 4 nitrogen and oxygen atoms in total. The summed E-state index contributed by atoms with van der Waals surface area (Å²) < 4.78 is 0. The van der Waals surface area contributed by atoms with Gasteiger partial charge in [0, 0.05) is 39.6 Å². The fraction of sp³-hybridized carbons (Fsp3) is 0.161. The number of hydrogen-bond acceptors (Lipinski definition) is 4. The van der Waals surface area contributed by atoms with Gasteiger partial charge < -0.3 is 21.1 Å². The minimum Gasteiger partial charge on any atom is -0.400 e. The zero-order valence-corrected chi connectivity index (χ0v) is 20.8. The van der Waals surface area contributed by atoms with Crippen LogP contribution in [0.25, 0.3) is 33.0 Å². The molecule has 0 aromatic heterocycles. The Morgan fingerprint density at radius 2 is 1.23 bits per heavy atom. The molecule has 35 heavy (non-hydrogen) atoms. The van der Waals surface area contributed by atoms with Gasteiger partial charge in [-0.05, 0) is 44.7 Å². The van der Waals surface area contributed by atoms with Crippen molar-refractivity contribution in [2.24, 2.45) is 0 Å². The Balaban J connectivity index is 0.00000141. The normalized spacial score (nSPS) is 14.8. The van der Waals surface area contributed by atoms with Crippen LogP contribution in [0, 0.1) is 0 Å². The zero-order valence-electron chi connectivity index (χ0n) is 20.8. The quantitative estimate of drug-likeness (QED) is 0.299. The molecule has 178 valence electrons. The summed E-state index contributed by atoms with van der Waals surface area (Å²) in [7, 11) is 6.98. The third-order valence-electron chi connectivity index (χ3n) is 6.57. The SMILES string of the molecule is CNC1=CC(NC)=C(NC)C1c1ccc2ccccc2c1-c1ccc(-c2ccccc2)cc1.CO. The number of fused-ring (bicyclic) bond motifs is 1. The van der Waals surface area contributed by atoms with Gasteiger partial charge in [0.2, 0.25) is 0 Å². The largest absolute Gasteiger partial charge is 0.400 e. The van der Waals surface area contributed by atoms with Crippen LogP contribution in [0.4, 0.5) is 0 Å². The number of likely N-dealkylation sites (N-methyl/N-ethyl adjacent to an activating group) is 3. The predicted octanol–water partition coefficient (Wildman–Crippen LogP) is 5.63. The van der Waals surface area contributed by atoms with Crippen molar-refractivity contribution in [3.8, 4) is 22.3 Å². The maximum Gasteiger partial charge on any atom is 0.0662 e. The molecule has 1 aliphatic carbocycles. The molecule has 0 heterocycles. The van der Waals surface area contributed by atoms with Gasteiger partial charge in [0.25, 0.3) is 0 Å². The molecule has 4 N–H and O–H groups in total. The highest BCUT2D eigenvalue weighted by atomic mass is 16.2. The van der Waals surface area contributed by atoms with Crippen molar-refractivity contribution in [1.29, 1.82) is 0 Å². The first-order chi connectivity index (χ1) is 17.2. The molecule has 4 heteroatoms. The molecule has 4 aromatic rings. The number of nitrogens with one attached hydrogen (secondary N) is 3. The highest BCUT2D eigenvalue weighted by Crippen LogP contribution is 2.43. The third kappa shape index (κ3) is 4.53. The molecule has 0 fully saturated rings. The molecule has 5 rings (SSSR count). The molecule has 0 aliphatic heterocycles. The van der Waals surface area contributed by atoms with Gasteiger partial charge in [0.05, 0.1) is 11.6 Å². The standard InChI is InChI=1S/C30H29N3.CH4O/c1-31-26-19-27(32-2)30(33-3)29(26)25-18-17-22-11-7-8-12-24(22)28(25)23-15-13-21(14-16-23)20-9-5-4-6-10-20;1-2/h4-19,29,31-33H,1-3H3;2H,1H3. The summed E-state index contributed by atoms with van der Waals surface area (Å²) in [5.74, 6) is 0.107. The third-order valence-corrected chi connectivity index (χ3v) is 6.57. The highest BCUT2D eigenvalue weighted by molar-refractivity contribution is 5.99. The monoisotopic (exact) mass is 463 g/mol. The van der Waals surface area contributed by atoms with Crippen LogP contribution in [0.3, 0.4) is 0 Å². The molecular formula is C31H33N3O. The van der Waals surface area contributed by atoms with E-state index in [9.17, 15) is 0 Å². The molecule has 1 aliphatic rings. The lowest BCUT2D eigenvalue weighted by molar-refractivity contribution is 0.399. The average molecular weight is 464 g/mol. The molecule has 0 saturated heterocycles. The van der Waals surface area contributed by atoms with E-state index in [1.807, 2.05) is 21.1 Å². The number of rotatable bonds is 6. The van der Waals surface area contributed by atoms with Gasteiger partial charge in [0.1, 0.15) is 0 Å². The molecule has 0 saturated carbocycles. The number of aliphatic hydroxyl groups is 1. The van der Waals surface area contributed by atoms with Crippen molar-refractivity contribution in [2.45, 2.75) is 5.92 Å². The topological polar surface area (TPSA) is 56.3 Å². The lowest BCUT2D eigenvalue weighted by Crippen LogP contribution is -2.22. The van der Waals surface area contributed by atoms with Gasteiger partial charge in [-0.2, -0.15) is 0 Å². The first-order valence-electron chi connectivity index (χ1n) is 11.9. The van der Waals surface area contributed by atoms with Crippen LogP contribution in [0.15, 0.2) is 114 Å². The molecular weight excluding hydrogens is 430 g/mol. The minimum atomic E-state index is 0.107. The Bertz CT molecular complexity index is 1360. The van der Waals surface area contributed by atoms with E-state index in [0.717, 1.165) is 12.8 Å². The van der Waals surface area contributed by atoms with Gasteiger partial charge in [-0.1, -0.05) is 91.0 Å². The minimum absolute atomic E-state index is 0.107. The van der Waals surface area contributed by atoms with E-state index in [-0.39, 0.29) is 5.92 Å². The van der Waals surface area contributed by atoms with Crippen LogP contribution in [0.5, 0.6) is 0 Å². The van der Waals surface area contributed by atoms with Crippen molar-refractivity contribution in [3.05, 3.63) is 120 Å². The first kappa shape index (κ1) is 24.1. The maximum atomic E-state index is 7.00. The molecule has 0 bridgehead atoms. The molecule has 1 atom stereocenters. The summed E-state index contributed by atoms with van der Waals surface area (Å²) in [6, 6.07) is 32.7. The van der Waals surface area contributed by atoms with Crippen LogP contribution in [-0.2, 0) is 0 Å². The first-order valence-corrected chi connectivity index (χ1v) is 11.9. The van der Waals surface area contributed by atoms with E-state index in [1.54, 1.807) is 0 Å². The summed E-state index contributed by atoms with van der Waals surface area (Å²) >= 11 is 0. The lowest BCUT2D eigenvalue weighted by Gasteiger charge is -2.24. The predicted molar refractivity (Wildman–Crippen MR) is 148 cm³/mol. The number of benzene rings is 4. The fourth-order valence-corrected chi connectivity index (χ4v) is 4.96. The summed E-state index contributed by atoms with van der Waals surface area (Å²) in [5, 5.41) is 19.8. The molecule has 0 amide bonds. The van der Waals surface area contributed by atoms with E-state index < -0.39 is 0 Å². The van der Waals surface area contributed by atoms with E-state index >= 15 is 0 Å². The Kier molecular flexibility index (Phi) is 7.54. The number of aliphatic hydroxyl groups excluding tert-OH is 1. The van der Waals surface area contributed by atoms with E-state index in [1.165, 1.54) is 50.0 Å². The van der Waals surface area contributed by atoms with Crippen LogP contribution in [0.2, 0.25) is 0 Å². The maximum absolute atomic E-state index is 7.00. The van der Waals surface area contributed by atoms with E-state index in [0.29, 0.717) is 0 Å². The number of hydrogen-bond donors (Lipinski definition) is 4. The number of allylic oxidation sites excluding steroid dienone is 1. The smallest absolute Gasteiger partial charge is 0.0662 e. The summed E-state index contributed by atoms with van der Waals surface area (Å²) in [5.41, 5.74) is 9.74. The molecule has 0 spiro atoms. The van der Waals surface area contributed by atoms with Gasteiger partial charge in [-0.15, -0.1) is 0 Å². The van der Waals surface area contributed by atoms with Gasteiger partial charge in [-0.25, -0.2) is 0 Å². The van der Waals surface area contributed by atoms with Crippen LogP contribution in [0.1, 0.15) is 11.5 Å². The summed E-state index contributed by atoms with van der Waals surface area (Å²) in [6.45, 7) is 0. The average Bonchev–Trinajstić information content (AvgIpc) is 3.32. The second-order valence-corrected chi connectivity index (χ2v) is 8.30. The van der Waals surface area contributed by atoms with Crippen molar-refractivity contribution < 1.29 is 5.11 Å². The lowest BCUT2D eigenvalue weighted by atomic mass is 9.84. The van der Waals surface area contributed by atoms with E-state index in [4.69, 9.17) is 5.11 Å². The fourth-order valence-electron chi connectivity index (χ4n) is 4.96. The Morgan fingerprint density at radius 1 is 0.600 bits per heavy atom. The molecule has 0 radical (unpaired) electrons. The van der Waals surface area contributed by atoms with Gasteiger partial charge in [0.15, 0.2) is 0 Å². The Hall–Kier alpha value is -4.02. The Labute approximate surface area is 208 Å². The van der Waals surface area contributed by atoms with Crippen LogP contribution < -0.4 is 16.0 Å². The van der Waals surface area contributed by atoms with Crippen LogP contribution >= 0.6 is 0 Å². The van der Waals surface area contributed by atoms with Gasteiger partial charge in [-0.3, -0.25) is 0 Å². The molecule has 4 aromatic carbocycles. The molecule has 1 unspecified atom stereocenters.